The molecule has 0 aromatic heterocycles. The van der Waals surface area contributed by atoms with Crippen LogP contribution in [0.15, 0.2) is 11.1 Å². The molecule has 0 radical (unpaired) electrons. The van der Waals surface area contributed by atoms with Gasteiger partial charge in [-0.2, -0.15) is 0 Å². The third-order valence-corrected chi connectivity index (χ3v) is 3.78. The van der Waals surface area contributed by atoms with Gasteiger partial charge in [0.1, 0.15) is 5.78 Å². The van der Waals surface area contributed by atoms with Gasteiger partial charge in [-0.1, -0.05) is 18.1 Å². The molecule has 0 aromatic rings. The summed E-state index contributed by atoms with van der Waals surface area (Å²) in [7, 11) is 0. The van der Waals surface area contributed by atoms with Crippen LogP contribution >= 0.6 is 0 Å². The molecular formula is C12H18O. The molecule has 1 nitrogen and oxygen atoms in total. The third-order valence-electron chi connectivity index (χ3n) is 3.78. The van der Waals surface area contributed by atoms with Gasteiger partial charge in [0.15, 0.2) is 0 Å². The second kappa shape index (κ2) is 3.28. The quantitative estimate of drug-likeness (QED) is 0.521. The van der Waals surface area contributed by atoms with E-state index in [1.807, 2.05) is 0 Å². The Morgan fingerprint density at radius 3 is 2.77 bits per heavy atom. The van der Waals surface area contributed by atoms with Crippen LogP contribution in [-0.2, 0) is 4.79 Å². The van der Waals surface area contributed by atoms with Crippen LogP contribution in [0, 0.1) is 11.8 Å². The highest BCUT2D eigenvalue weighted by Gasteiger charge is 2.32. The van der Waals surface area contributed by atoms with Crippen molar-refractivity contribution in [1.29, 1.82) is 0 Å². The van der Waals surface area contributed by atoms with E-state index in [1.165, 1.54) is 18.4 Å². The molecule has 0 amide bonds. The number of carbonyl (C=O) groups excluding carboxylic acids is 1. The fourth-order valence-electron chi connectivity index (χ4n) is 2.80. The number of hydrogen-bond donors (Lipinski definition) is 0. The number of Topliss-reactive ketones (excluding diaryl/α,β-unsaturated/α-hetero) is 1. The highest BCUT2D eigenvalue weighted by Crippen LogP contribution is 2.42. The maximum absolute atomic E-state index is 11.5. The van der Waals surface area contributed by atoms with Crippen molar-refractivity contribution in [3.05, 3.63) is 11.1 Å². The fraction of sp³-hybridized carbons (Fsp3) is 0.750. The van der Waals surface area contributed by atoms with Crippen molar-refractivity contribution in [2.45, 2.75) is 46.0 Å². The maximum atomic E-state index is 11.5. The second-order valence-electron chi connectivity index (χ2n) is 4.67. The number of ketones is 1. The van der Waals surface area contributed by atoms with Crippen molar-refractivity contribution in [1.82, 2.24) is 0 Å². The first-order valence-corrected chi connectivity index (χ1v) is 5.38. The monoisotopic (exact) mass is 178 g/mol. The van der Waals surface area contributed by atoms with Gasteiger partial charge in [0.05, 0.1) is 0 Å². The van der Waals surface area contributed by atoms with E-state index in [0.29, 0.717) is 11.7 Å². The Morgan fingerprint density at radius 2 is 2.00 bits per heavy atom. The van der Waals surface area contributed by atoms with E-state index in [4.69, 9.17) is 0 Å². The molecule has 1 saturated carbocycles. The normalized spacial score (nSPS) is 34.8. The Balaban J connectivity index is 2.28. The molecule has 0 aliphatic heterocycles. The van der Waals surface area contributed by atoms with Gasteiger partial charge in [-0.15, -0.1) is 0 Å². The van der Waals surface area contributed by atoms with Gasteiger partial charge in [0, 0.05) is 12.8 Å². The zero-order valence-corrected chi connectivity index (χ0v) is 8.60. The molecule has 2 rings (SSSR count). The standard InChI is InChI=1S/C12H18O/c1-8-3-5-10(13)7-12-9(2)4-6-11(8)12/h9,12H,3-7H2,1-2H3. The minimum atomic E-state index is 0.480. The van der Waals surface area contributed by atoms with Crippen LogP contribution in [0.5, 0.6) is 0 Å². The van der Waals surface area contributed by atoms with E-state index < -0.39 is 0 Å². The molecule has 1 fully saturated rings. The average Bonchev–Trinajstić information content (AvgIpc) is 2.37. The lowest BCUT2D eigenvalue weighted by Gasteiger charge is -2.15. The van der Waals surface area contributed by atoms with Gasteiger partial charge in [-0.3, -0.25) is 4.79 Å². The first-order valence-electron chi connectivity index (χ1n) is 5.38. The van der Waals surface area contributed by atoms with Crippen LogP contribution in [0.4, 0.5) is 0 Å². The van der Waals surface area contributed by atoms with Gasteiger partial charge < -0.3 is 0 Å². The predicted molar refractivity (Wildman–Crippen MR) is 53.4 cm³/mol. The Morgan fingerprint density at radius 1 is 1.23 bits per heavy atom. The van der Waals surface area contributed by atoms with Crippen molar-refractivity contribution >= 4 is 5.78 Å². The molecule has 0 saturated heterocycles. The molecule has 1 heteroatoms. The van der Waals surface area contributed by atoms with Crippen molar-refractivity contribution in [2.24, 2.45) is 11.8 Å². The minimum absolute atomic E-state index is 0.480. The van der Waals surface area contributed by atoms with Gasteiger partial charge >= 0.3 is 0 Å². The van der Waals surface area contributed by atoms with Crippen LogP contribution in [0.2, 0.25) is 0 Å². The average molecular weight is 178 g/mol. The van der Waals surface area contributed by atoms with Crippen LogP contribution in [0.1, 0.15) is 46.0 Å². The number of carbonyl (C=O) groups is 1. The first-order chi connectivity index (χ1) is 6.18. The largest absolute Gasteiger partial charge is 0.300 e. The van der Waals surface area contributed by atoms with E-state index in [9.17, 15) is 4.79 Å². The highest BCUT2D eigenvalue weighted by molar-refractivity contribution is 5.80. The molecule has 72 valence electrons. The summed E-state index contributed by atoms with van der Waals surface area (Å²) in [4.78, 5) is 11.5. The summed E-state index contributed by atoms with van der Waals surface area (Å²) in [5.41, 5.74) is 3.14. The van der Waals surface area contributed by atoms with Gasteiger partial charge in [0.25, 0.3) is 0 Å². The van der Waals surface area contributed by atoms with Crippen LogP contribution in [0.3, 0.4) is 0 Å². The Hall–Kier alpha value is -0.590. The van der Waals surface area contributed by atoms with E-state index >= 15 is 0 Å². The number of fused-ring (bicyclic) bond motifs is 1. The molecule has 0 aromatic carbocycles. The molecule has 2 unspecified atom stereocenters. The summed E-state index contributed by atoms with van der Waals surface area (Å²) in [5, 5.41) is 0. The zero-order valence-electron chi connectivity index (χ0n) is 8.60. The SMILES string of the molecule is CC1=C2CCC(C)C2CC(=O)CC1. The van der Waals surface area contributed by atoms with Crippen LogP contribution in [0.25, 0.3) is 0 Å². The second-order valence-corrected chi connectivity index (χ2v) is 4.67. The molecule has 2 aliphatic rings. The van der Waals surface area contributed by atoms with Crippen LogP contribution < -0.4 is 0 Å². The van der Waals surface area contributed by atoms with Crippen molar-refractivity contribution < 1.29 is 4.79 Å². The summed E-state index contributed by atoms with van der Waals surface area (Å²) in [5.74, 6) is 1.83. The van der Waals surface area contributed by atoms with Crippen molar-refractivity contribution in [3.8, 4) is 0 Å². The third kappa shape index (κ3) is 1.56. The van der Waals surface area contributed by atoms with Gasteiger partial charge in [-0.05, 0) is 38.0 Å². The molecule has 13 heavy (non-hydrogen) atoms. The number of rotatable bonds is 0. The summed E-state index contributed by atoms with van der Waals surface area (Å²) >= 11 is 0. The van der Waals surface area contributed by atoms with E-state index in [-0.39, 0.29) is 0 Å². The topological polar surface area (TPSA) is 17.1 Å². The lowest BCUT2D eigenvalue weighted by molar-refractivity contribution is -0.119. The Kier molecular flexibility index (Phi) is 2.27. The highest BCUT2D eigenvalue weighted by atomic mass is 16.1. The van der Waals surface area contributed by atoms with E-state index in [1.54, 1.807) is 5.57 Å². The summed E-state index contributed by atoms with van der Waals surface area (Å²) < 4.78 is 0. The summed E-state index contributed by atoms with van der Waals surface area (Å²) in [6.07, 6.45) is 5.19. The molecular weight excluding hydrogens is 160 g/mol. The molecule has 2 aliphatic carbocycles. The van der Waals surface area contributed by atoms with Crippen molar-refractivity contribution in [3.63, 3.8) is 0 Å². The summed E-state index contributed by atoms with van der Waals surface area (Å²) in [6, 6.07) is 0. The van der Waals surface area contributed by atoms with E-state index in [0.717, 1.165) is 25.2 Å². The zero-order chi connectivity index (χ0) is 9.42. The lowest BCUT2D eigenvalue weighted by atomic mass is 9.90. The van der Waals surface area contributed by atoms with Gasteiger partial charge in [0.2, 0.25) is 0 Å². The lowest BCUT2D eigenvalue weighted by Crippen LogP contribution is -2.10. The number of hydrogen-bond acceptors (Lipinski definition) is 1. The first kappa shape index (κ1) is 8.98. The van der Waals surface area contributed by atoms with Gasteiger partial charge in [-0.25, -0.2) is 0 Å². The molecule has 2 atom stereocenters. The van der Waals surface area contributed by atoms with Crippen molar-refractivity contribution in [2.75, 3.05) is 0 Å². The Labute approximate surface area is 80.2 Å². The minimum Gasteiger partial charge on any atom is -0.300 e. The molecule has 0 bridgehead atoms. The van der Waals surface area contributed by atoms with E-state index in [2.05, 4.69) is 13.8 Å². The van der Waals surface area contributed by atoms with Crippen LogP contribution in [-0.4, -0.2) is 5.78 Å². The smallest absolute Gasteiger partial charge is 0.133 e. The molecule has 0 N–H and O–H groups in total. The molecule has 0 spiro atoms. The summed E-state index contributed by atoms with van der Waals surface area (Å²) in [6.45, 7) is 4.52. The Bertz CT molecular complexity index is 262. The number of allylic oxidation sites excluding steroid dienone is 2. The fourth-order valence-corrected chi connectivity index (χ4v) is 2.80. The predicted octanol–water partition coefficient (Wildman–Crippen LogP) is 3.10. The maximum Gasteiger partial charge on any atom is 0.133 e. The molecule has 0 heterocycles.